The van der Waals surface area contributed by atoms with Crippen LogP contribution in [0.2, 0.25) is 0 Å². The SMILES string of the molecule is CC(c1cc(F)ccc1F)N(C)C(=O)[C@H]1CNC[C@@H]1c1cnn(C)c1. The topological polar surface area (TPSA) is 50.2 Å². The third-order valence-electron chi connectivity index (χ3n) is 5.02. The van der Waals surface area contributed by atoms with Gasteiger partial charge in [-0.05, 0) is 30.7 Å². The molecule has 134 valence electrons. The molecule has 7 heteroatoms. The molecular formula is C18H22F2N4O. The van der Waals surface area contributed by atoms with Crippen molar-refractivity contribution in [3.63, 3.8) is 0 Å². The summed E-state index contributed by atoms with van der Waals surface area (Å²) in [6.45, 7) is 2.96. The van der Waals surface area contributed by atoms with E-state index in [9.17, 15) is 13.6 Å². The van der Waals surface area contributed by atoms with Gasteiger partial charge in [0, 0.05) is 44.9 Å². The Labute approximate surface area is 145 Å². The molecule has 1 N–H and O–H groups in total. The number of halogens is 2. The third-order valence-corrected chi connectivity index (χ3v) is 5.02. The number of nitrogens with zero attached hydrogens (tertiary/aromatic N) is 3. The van der Waals surface area contributed by atoms with E-state index in [0.29, 0.717) is 13.1 Å². The second kappa shape index (κ2) is 6.92. The largest absolute Gasteiger partial charge is 0.339 e. The van der Waals surface area contributed by atoms with Crippen molar-refractivity contribution in [3.8, 4) is 0 Å². The van der Waals surface area contributed by atoms with Gasteiger partial charge in [0.2, 0.25) is 5.91 Å². The normalized spacial score (nSPS) is 21.3. The summed E-state index contributed by atoms with van der Waals surface area (Å²) in [5.74, 6) is -1.35. The summed E-state index contributed by atoms with van der Waals surface area (Å²) in [5.41, 5.74) is 1.18. The third kappa shape index (κ3) is 3.42. The highest BCUT2D eigenvalue weighted by atomic mass is 19.1. The lowest BCUT2D eigenvalue weighted by Crippen LogP contribution is -2.38. The van der Waals surface area contributed by atoms with E-state index in [2.05, 4.69) is 10.4 Å². The van der Waals surface area contributed by atoms with Crippen LogP contribution in [0.1, 0.15) is 30.0 Å². The van der Waals surface area contributed by atoms with E-state index in [-0.39, 0.29) is 23.3 Å². The van der Waals surface area contributed by atoms with Crippen molar-refractivity contribution < 1.29 is 13.6 Å². The number of rotatable bonds is 4. The molecule has 0 spiro atoms. The summed E-state index contributed by atoms with van der Waals surface area (Å²) in [7, 11) is 3.47. The minimum absolute atomic E-state index is 0.0215. The summed E-state index contributed by atoms with van der Waals surface area (Å²) < 4.78 is 29.2. The molecule has 1 aromatic carbocycles. The van der Waals surface area contributed by atoms with Gasteiger partial charge in [0.1, 0.15) is 11.6 Å². The van der Waals surface area contributed by atoms with Gasteiger partial charge < -0.3 is 10.2 Å². The van der Waals surface area contributed by atoms with Crippen molar-refractivity contribution in [2.45, 2.75) is 18.9 Å². The Balaban J connectivity index is 1.80. The molecule has 2 aromatic rings. The van der Waals surface area contributed by atoms with Gasteiger partial charge in [-0.15, -0.1) is 0 Å². The van der Waals surface area contributed by atoms with Gasteiger partial charge in [-0.2, -0.15) is 5.10 Å². The van der Waals surface area contributed by atoms with Crippen molar-refractivity contribution in [2.75, 3.05) is 20.1 Å². The zero-order valence-electron chi connectivity index (χ0n) is 14.5. The lowest BCUT2D eigenvalue weighted by molar-refractivity contribution is -0.136. The van der Waals surface area contributed by atoms with Crippen molar-refractivity contribution in [2.24, 2.45) is 13.0 Å². The molecular weight excluding hydrogens is 326 g/mol. The maximum atomic E-state index is 14.0. The minimum Gasteiger partial charge on any atom is -0.339 e. The van der Waals surface area contributed by atoms with Crippen molar-refractivity contribution >= 4 is 5.91 Å². The number of carbonyl (C=O) groups is 1. The van der Waals surface area contributed by atoms with E-state index in [0.717, 1.165) is 23.8 Å². The number of aryl methyl sites for hydroxylation is 1. The molecule has 1 fully saturated rings. The average Bonchev–Trinajstić information content (AvgIpc) is 3.23. The predicted octanol–water partition coefficient (Wildman–Crippen LogP) is 2.22. The van der Waals surface area contributed by atoms with Gasteiger partial charge in [-0.25, -0.2) is 8.78 Å². The van der Waals surface area contributed by atoms with Crippen LogP contribution < -0.4 is 5.32 Å². The first-order valence-corrected chi connectivity index (χ1v) is 8.29. The maximum absolute atomic E-state index is 14.0. The first-order chi connectivity index (χ1) is 11.9. The molecule has 1 aliphatic heterocycles. The van der Waals surface area contributed by atoms with E-state index >= 15 is 0 Å². The van der Waals surface area contributed by atoms with E-state index < -0.39 is 17.7 Å². The molecule has 0 bridgehead atoms. The number of aromatic nitrogens is 2. The number of carbonyl (C=O) groups excluding carboxylic acids is 1. The van der Waals surface area contributed by atoms with Crippen LogP contribution in [0.25, 0.3) is 0 Å². The monoisotopic (exact) mass is 348 g/mol. The van der Waals surface area contributed by atoms with Gasteiger partial charge >= 0.3 is 0 Å². The molecule has 1 aromatic heterocycles. The first kappa shape index (κ1) is 17.5. The molecule has 0 radical (unpaired) electrons. The number of amides is 1. The van der Waals surface area contributed by atoms with Crippen molar-refractivity contribution in [3.05, 3.63) is 53.4 Å². The molecule has 25 heavy (non-hydrogen) atoms. The van der Waals surface area contributed by atoms with Gasteiger partial charge in [-0.3, -0.25) is 9.48 Å². The summed E-state index contributed by atoms with van der Waals surface area (Å²) in [5, 5.41) is 7.42. The molecule has 5 nitrogen and oxygen atoms in total. The number of nitrogens with one attached hydrogen (secondary N) is 1. The molecule has 3 rings (SSSR count). The molecule has 0 saturated carbocycles. The van der Waals surface area contributed by atoms with E-state index in [4.69, 9.17) is 0 Å². The molecule has 1 amide bonds. The molecule has 1 unspecified atom stereocenters. The van der Waals surface area contributed by atoms with Crippen molar-refractivity contribution in [1.82, 2.24) is 20.0 Å². The van der Waals surface area contributed by atoms with Crippen LogP contribution in [0.3, 0.4) is 0 Å². The summed E-state index contributed by atoms with van der Waals surface area (Å²) >= 11 is 0. The quantitative estimate of drug-likeness (QED) is 0.922. The van der Waals surface area contributed by atoms with Crippen LogP contribution in [0, 0.1) is 17.6 Å². The van der Waals surface area contributed by atoms with Crippen LogP contribution in [-0.4, -0.2) is 40.7 Å². The second-order valence-electron chi connectivity index (χ2n) is 6.61. The molecule has 1 saturated heterocycles. The summed E-state index contributed by atoms with van der Waals surface area (Å²) in [6.07, 6.45) is 3.68. The standard InChI is InChI=1S/C18H22F2N4O/c1-11(14-6-13(19)4-5-17(14)20)24(3)18(25)16-9-21-8-15(16)12-7-22-23(2)10-12/h4-7,10-11,15-16,21H,8-9H2,1-3H3/t11?,15-,16+/m1/s1. The van der Waals surface area contributed by atoms with Crippen molar-refractivity contribution in [1.29, 1.82) is 0 Å². The highest BCUT2D eigenvalue weighted by molar-refractivity contribution is 5.81. The van der Waals surface area contributed by atoms with E-state index in [1.807, 2.05) is 13.2 Å². The van der Waals surface area contributed by atoms with Crippen LogP contribution in [0.5, 0.6) is 0 Å². The molecule has 1 aliphatic rings. The Bertz CT molecular complexity index is 776. The Kier molecular flexibility index (Phi) is 4.85. The van der Waals surface area contributed by atoms with Crippen LogP contribution >= 0.6 is 0 Å². The Morgan fingerprint density at radius 3 is 2.84 bits per heavy atom. The van der Waals surface area contributed by atoms with Gasteiger partial charge in [-0.1, -0.05) is 0 Å². The summed E-state index contributed by atoms with van der Waals surface area (Å²) in [4.78, 5) is 14.5. The molecule has 0 aliphatic carbocycles. The Morgan fingerprint density at radius 1 is 1.40 bits per heavy atom. The van der Waals surface area contributed by atoms with Crippen LogP contribution in [-0.2, 0) is 11.8 Å². The molecule has 2 heterocycles. The van der Waals surface area contributed by atoms with E-state index in [1.165, 1.54) is 4.90 Å². The van der Waals surface area contributed by atoms with E-state index in [1.54, 1.807) is 24.9 Å². The zero-order valence-corrected chi connectivity index (χ0v) is 14.5. The fourth-order valence-corrected chi connectivity index (χ4v) is 3.42. The maximum Gasteiger partial charge on any atom is 0.227 e. The number of hydrogen-bond donors (Lipinski definition) is 1. The average molecular weight is 348 g/mol. The lowest BCUT2D eigenvalue weighted by atomic mass is 9.89. The fraction of sp³-hybridized carbons (Fsp3) is 0.444. The highest BCUT2D eigenvalue weighted by Gasteiger charge is 2.37. The van der Waals surface area contributed by atoms with Crippen LogP contribution in [0.4, 0.5) is 8.78 Å². The Hall–Kier alpha value is -2.28. The zero-order chi connectivity index (χ0) is 18.1. The minimum atomic E-state index is -0.557. The highest BCUT2D eigenvalue weighted by Crippen LogP contribution is 2.32. The smallest absolute Gasteiger partial charge is 0.227 e. The van der Waals surface area contributed by atoms with Gasteiger partial charge in [0.25, 0.3) is 0 Å². The second-order valence-corrected chi connectivity index (χ2v) is 6.61. The number of hydrogen-bond acceptors (Lipinski definition) is 3. The first-order valence-electron chi connectivity index (χ1n) is 8.29. The van der Waals surface area contributed by atoms with Gasteiger partial charge in [0.15, 0.2) is 0 Å². The van der Waals surface area contributed by atoms with Crippen LogP contribution in [0.15, 0.2) is 30.6 Å². The molecule has 3 atom stereocenters. The lowest BCUT2D eigenvalue weighted by Gasteiger charge is -2.29. The fourth-order valence-electron chi connectivity index (χ4n) is 3.42. The number of benzene rings is 1. The predicted molar refractivity (Wildman–Crippen MR) is 89.9 cm³/mol. The van der Waals surface area contributed by atoms with Gasteiger partial charge in [0.05, 0.1) is 18.2 Å². The Morgan fingerprint density at radius 2 is 2.16 bits per heavy atom. The summed E-state index contributed by atoms with van der Waals surface area (Å²) in [6, 6.07) is 2.76.